The zero-order valence-corrected chi connectivity index (χ0v) is 13.0. The number of carbonyl (C=O) groups excluding carboxylic acids is 1. The van der Waals surface area contributed by atoms with Crippen LogP contribution in [-0.4, -0.2) is 21.5 Å². The normalized spacial score (nSPS) is 14.0. The first-order chi connectivity index (χ1) is 11.4. The highest BCUT2D eigenvalue weighted by Crippen LogP contribution is 2.29. The Morgan fingerprint density at radius 1 is 1.33 bits per heavy atom. The number of rotatable bonds is 6. The summed E-state index contributed by atoms with van der Waals surface area (Å²) >= 11 is 0. The van der Waals surface area contributed by atoms with Crippen molar-refractivity contribution < 1.29 is 18.0 Å². The Morgan fingerprint density at radius 3 is 2.54 bits per heavy atom. The van der Waals surface area contributed by atoms with E-state index in [2.05, 4.69) is 4.98 Å². The molecule has 1 aromatic heterocycles. The summed E-state index contributed by atoms with van der Waals surface area (Å²) in [6, 6.07) is 10.7. The first-order valence-corrected chi connectivity index (χ1v) is 7.43. The van der Waals surface area contributed by atoms with Gasteiger partial charge in [-0.1, -0.05) is 37.3 Å². The molecule has 0 radical (unpaired) electrons. The average molecular weight is 335 g/mol. The summed E-state index contributed by atoms with van der Waals surface area (Å²) in [4.78, 5) is 16.6. The van der Waals surface area contributed by atoms with E-state index in [-0.39, 0.29) is 5.82 Å². The van der Waals surface area contributed by atoms with Gasteiger partial charge in [-0.3, -0.25) is 4.79 Å². The lowest BCUT2D eigenvalue weighted by atomic mass is 9.85. The van der Waals surface area contributed by atoms with E-state index >= 15 is 0 Å². The lowest BCUT2D eigenvalue weighted by Crippen LogP contribution is -2.25. The molecule has 0 fully saturated rings. The van der Waals surface area contributed by atoms with Crippen LogP contribution >= 0.6 is 0 Å². The second-order valence-corrected chi connectivity index (χ2v) is 5.36. The van der Waals surface area contributed by atoms with E-state index in [1.807, 2.05) is 6.07 Å². The maximum atomic E-state index is 12.8. The number of Topliss-reactive ketones (excluding diaryl/α,β-unsaturated/α-hetero) is 1. The number of ketones is 1. The summed E-state index contributed by atoms with van der Waals surface area (Å²) in [6.45, 7) is 0.516. The molecule has 2 rings (SSSR count). The van der Waals surface area contributed by atoms with E-state index in [4.69, 9.17) is 0 Å². The smallest absolute Gasteiger partial charge is 0.324 e. The molecule has 0 spiro atoms. The van der Waals surface area contributed by atoms with Gasteiger partial charge in [-0.05, 0) is 12.0 Å². The summed E-state index contributed by atoms with van der Waals surface area (Å²) in [5.41, 5.74) is 0.735. The molecule has 1 aromatic carbocycles. The van der Waals surface area contributed by atoms with Crippen molar-refractivity contribution in [3.8, 4) is 6.07 Å². The number of nitriles is 1. The number of hydrogen-bond acceptors (Lipinski definition) is 3. The van der Waals surface area contributed by atoms with Gasteiger partial charge >= 0.3 is 6.18 Å². The predicted octanol–water partition coefficient (Wildman–Crippen LogP) is 3.82. The van der Waals surface area contributed by atoms with Crippen LogP contribution < -0.4 is 0 Å². The minimum atomic E-state index is -4.46. The van der Waals surface area contributed by atoms with Crippen LogP contribution in [0.25, 0.3) is 0 Å². The minimum absolute atomic E-state index is 0.172. The first-order valence-electron chi connectivity index (χ1n) is 7.43. The molecular formula is C17H16F3N3O. The van der Waals surface area contributed by atoms with E-state index in [0.29, 0.717) is 6.42 Å². The highest BCUT2D eigenvalue weighted by Gasteiger charge is 2.34. The van der Waals surface area contributed by atoms with Crippen molar-refractivity contribution in [2.75, 3.05) is 0 Å². The largest absolute Gasteiger partial charge is 0.406 e. The SMILES string of the molecule is CC[C@H](C(=O)[C@@H](C#N)c1nccn1CC(F)(F)F)c1ccccc1. The molecule has 0 saturated heterocycles. The number of alkyl halides is 3. The molecule has 2 aromatic rings. The Labute approximate surface area is 137 Å². The van der Waals surface area contributed by atoms with Crippen molar-refractivity contribution in [3.05, 3.63) is 54.1 Å². The molecule has 7 heteroatoms. The van der Waals surface area contributed by atoms with Crippen LogP contribution in [0.15, 0.2) is 42.7 Å². The Morgan fingerprint density at radius 2 is 2.00 bits per heavy atom. The van der Waals surface area contributed by atoms with Crippen LogP contribution in [0.4, 0.5) is 13.2 Å². The van der Waals surface area contributed by atoms with E-state index in [0.717, 1.165) is 16.3 Å². The maximum Gasteiger partial charge on any atom is 0.406 e. The van der Waals surface area contributed by atoms with Crippen LogP contribution in [0, 0.1) is 11.3 Å². The number of carbonyl (C=O) groups is 1. The lowest BCUT2D eigenvalue weighted by molar-refractivity contribution is -0.141. The van der Waals surface area contributed by atoms with Crippen molar-refractivity contribution in [1.29, 1.82) is 5.26 Å². The molecule has 0 aliphatic rings. The van der Waals surface area contributed by atoms with E-state index < -0.39 is 30.3 Å². The molecule has 0 aliphatic heterocycles. The summed E-state index contributed by atoms with van der Waals surface area (Å²) in [6.07, 6.45) is -1.71. The van der Waals surface area contributed by atoms with Gasteiger partial charge in [-0.15, -0.1) is 0 Å². The summed E-state index contributed by atoms with van der Waals surface area (Å²) in [7, 11) is 0. The molecule has 24 heavy (non-hydrogen) atoms. The number of aromatic nitrogens is 2. The van der Waals surface area contributed by atoms with E-state index in [9.17, 15) is 23.2 Å². The van der Waals surface area contributed by atoms with Crippen molar-refractivity contribution in [2.45, 2.75) is 37.9 Å². The van der Waals surface area contributed by atoms with Gasteiger partial charge in [0.05, 0.1) is 6.07 Å². The topological polar surface area (TPSA) is 58.7 Å². The van der Waals surface area contributed by atoms with E-state index in [1.165, 1.54) is 6.20 Å². The lowest BCUT2D eigenvalue weighted by Gasteiger charge is -2.18. The third-order valence-corrected chi connectivity index (χ3v) is 3.72. The van der Waals surface area contributed by atoms with Gasteiger partial charge in [0.1, 0.15) is 12.4 Å². The van der Waals surface area contributed by atoms with Gasteiger partial charge in [-0.2, -0.15) is 18.4 Å². The number of imidazole rings is 1. The van der Waals surface area contributed by atoms with Gasteiger partial charge < -0.3 is 4.57 Å². The molecule has 0 saturated carbocycles. The van der Waals surface area contributed by atoms with Crippen LogP contribution in [0.3, 0.4) is 0 Å². The summed E-state index contributed by atoms with van der Waals surface area (Å²) in [5.74, 6) is -2.52. The molecule has 126 valence electrons. The number of benzene rings is 1. The Bertz CT molecular complexity index is 732. The Hall–Kier alpha value is -2.62. The van der Waals surface area contributed by atoms with E-state index in [1.54, 1.807) is 37.3 Å². The molecule has 1 heterocycles. The average Bonchev–Trinajstić information content (AvgIpc) is 2.96. The third-order valence-electron chi connectivity index (χ3n) is 3.72. The summed E-state index contributed by atoms with van der Waals surface area (Å²) in [5, 5.41) is 9.38. The Kier molecular flexibility index (Phi) is 5.39. The monoisotopic (exact) mass is 335 g/mol. The second-order valence-electron chi connectivity index (χ2n) is 5.36. The zero-order valence-electron chi connectivity index (χ0n) is 13.0. The van der Waals surface area contributed by atoms with Crippen molar-refractivity contribution in [2.24, 2.45) is 0 Å². The third kappa shape index (κ3) is 4.02. The summed E-state index contributed by atoms with van der Waals surface area (Å²) < 4.78 is 38.7. The molecule has 0 bridgehead atoms. The maximum absolute atomic E-state index is 12.8. The highest BCUT2D eigenvalue weighted by molar-refractivity contribution is 5.93. The minimum Gasteiger partial charge on any atom is -0.324 e. The quantitative estimate of drug-likeness (QED) is 0.806. The van der Waals surface area contributed by atoms with Crippen LogP contribution in [0.5, 0.6) is 0 Å². The zero-order chi connectivity index (χ0) is 17.7. The molecular weight excluding hydrogens is 319 g/mol. The first kappa shape index (κ1) is 17.7. The van der Waals surface area contributed by atoms with Crippen LogP contribution in [-0.2, 0) is 11.3 Å². The number of nitrogens with zero attached hydrogens (tertiary/aromatic N) is 3. The van der Waals surface area contributed by atoms with Gasteiger partial charge in [0.15, 0.2) is 11.7 Å². The van der Waals surface area contributed by atoms with Crippen molar-refractivity contribution >= 4 is 5.78 Å². The standard InChI is InChI=1S/C17H16F3N3O/c1-2-13(12-6-4-3-5-7-12)15(24)14(10-21)16-22-8-9-23(16)11-17(18,19)20/h3-9,13-14H,2,11H2,1H3/t13-,14+/m0/s1. The molecule has 4 nitrogen and oxygen atoms in total. The molecule has 0 aliphatic carbocycles. The Balaban J connectivity index is 2.33. The number of hydrogen-bond donors (Lipinski definition) is 0. The van der Waals surface area contributed by atoms with Gasteiger partial charge in [0.25, 0.3) is 0 Å². The second kappa shape index (κ2) is 7.30. The number of halogens is 3. The van der Waals surface area contributed by atoms with Crippen LogP contribution in [0.2, 0.25) is 0 Å². The predicted molar refractivity (Wildman–Crippen MR) is 81.1 cm³/mol. The van der Waals surface area contributed by atoms with Gasteiger partial charge in [0.2, 0.25) is 0 Å². The fraction of sp³-hybridized carbons (Fsp3) is 0.353. The molecule has 0 N–H and O–H groups in total. The fourth-order valence-electron chi connectivity index (χ4n) is 2.64. The molecule has 2 atom stereocenters. The van der Waals surface area contributed by atoms with Crippen LogP contribution in [0.1, 0.15) is 36.6 Å². The fourth-order valence-corrected chi connectivity index (χ4v) is 2.64. The van der Waals surface area contributed by atoms with Gasteiger partial charge in [0, 0.05) is 18.3 Å². The van der Waals surface area contributed by atoms with Gasteiger partial charge in [-0.25, -0.2) is 4.98 Å². The molecule has 0 unspecified atom stereocenters. The van der Waals surface area contributed by atoms with Crippen molar-refractivity contribution in [3.63, 3.8) is 0 Å². The molecule has 0 amide bonds. The highest BCUT2D eigenvalue weighted by atomic mass is 19.4. The van der Waals surface area contributed by atoms with Crippen molar-refractivity contribution in [1.82, 2.24) is 9.55 Å².